The van der Waals surface area contributed by atoms with Crippen LogP contribution < -0.4 is 0 Å². The maximum Gasteiger partial charge on any atom is 0.130 e. The summed E-state index contributed by atoms with van der Waals surface area (Å²) in [6.45, 7) is 3.19. The predicted octanol–water partition coefficient (Wildman–Crippen LogP) is 4.40. The van der Waals surface area contributed by atoms with Gasteiger partial charge in [0.15, 0.2) is 0 Å². The summed E-state index contributed by atoms with van der Waals surface area (Å²) in [6.07, 6.45) is 7.07. The first-order valence-corrected chi connectivity index (χ1v) is 7.32. The van der Waals surface area contributed by atoms with Crippen molar-refractivity contribution in [3.8, 4) is 0 Å². The van der Waals surface area contributed by atoms with E-state index >= 15 is 0 Å². The molecule has 0 aromatic carbocycles. The molecule has 0 bridgehead atoms. The molecule has 2 atom stereocenters. The summed E-state index contributed by atoms with van der Waals surface area (Å²) >= 11 is 12.0. The second-order valence-corrected chi connectivity index (χ2v) is 6.23. The first kappa shape index (κ1) is 14.1. The number of hydrogen-bond donors (Lipinski definition) is 0. The minimum atomic E-state index is 0.456. The summed E-state index contributed by atoms with van der Waals surface area (Å²) in [5.41, 5.74) is 1.06. The van der Waals surface area contributed by atoms with E-state index in [-0.39, 0.29) is 0 Å². The molecule has 2 unspecified atom stereocenters. The van der Waals surface area contributed by atoms with E-state index < -0.39 is 0 Å². The van der Waals surface area contributed by atoms with Crippen molar-refractivity contribution in [3.63, 3.8) is 0 Å². The average molecular weight is 287 g/mol. The smallest absolute Gasteiger partial charge is 0.130 e. The lowest BCUT2D eigenvalue weighted by Gasteiger charge is -2.34. The lowest BCUT2D eigenvalue weighted by Crippen LogP contribution is -2.35. The maximum absolute atomic E-state index is 6.19. The highest BCUT2D eigenvalue weighted by atomic mass is 35.5. The highest BCUT2D eigenvalue weighted by molar-refractivity contribution is 6.34. The Morgan fingerprint density at radius 3 is 2.83 bits per heavy atom. The Morgan fingerprint density at radius 1 is 1.39 bits per heavy atom. The van der Waals surface area contributed by atoms with Crippen molar-refractivity contribution in [2.24, 2.45) is 5.92 Å². The van der Waals surface area contributed by atoms with E-state index in [1.54, 1.807) is 12.3 Å². The van der Waals surface area contributed by atoms with Crippen molar-refractivity contribution in [3.05, 3.63) is 28.0 Å². The predicted molar refractivity (Wildman–Crippen MR) is 77.1 cm³/mol. The molecule has 1 aromatic rings. The average Bonchev–Trinajstić information content (AvgIpc) is 2.32. The molecule has 1 heterocycles. The van der Waals surface area contributed by atoms with Crippen LogP contribution in [0, 0.1) is 5.92 Å². The number of hydrogen-bond acceptors (Lipinski definition) is 2. The van der Waals surface area contributed by atoms with Crippen molar-refractivity contribution in [1.29, 1.82) is 0 Å². The van der Waals surface area contributed by atoms with E-state index in [1.807, 2.05) is 0 Å². The largest absolute Gasteiger partial charge is 0.299 e. The van der Waals surface area contributed by atoms with Crippen LogP contribution in [-0.2, 0) is 6.54 Å². The quantitative estimate of drug-likeness (QED) is 0.766. The van der Waals surface area contributed by atoms with Crippen LogP contribution in [0.5, 0.6) is 0 Å². The molecule has 1 saturated carbocycles. The maximum atomic E-state index is 6.19. The Kier molecular flexibility index (Phi) is 4.88. The summed E-state index contributed by atoms with van der Waals surface area (Å²) in [7, 11) is 2.17. The van der Waals surface area contributed by atoms with Gasteiger partial charge in [-0.15, -0.1) is 0 Å². The Morgan fingerprint density at radius 2 is 2.17 bits per heavy atom. The molecule has 0 saturated heterocycles. The molecule has 1 aromatic heterocycles. The van der Waals surface area contributed by atoms with Crippen molar-refractivity contribution >= 4 is 23.2 Å². The third-order valence-corrected chi connectivity index (χ3v) is 4.41. The number of aromatic nitrogens is 1. The molecule has 0 spiro atoms. The highest BCUT2D eigenvalue weighted by Crippen LogP contribution is 2.28. The molecular weight excluding hydrogens is 267 g/mol. The lowest BCUT2D eigenvalue weighted by molar-refractivity contribution is 0.157. The molecule has 18 heavy (non-hydrogen) atoms. The minimum Gasteiger partial charge on any atom is -0.299 e. The van der Waals surface area contributed by atoms with Gasteiger partial charge in [-0.25, -0.2) is 4.98 Å². The number of rotatable bonds is 3. The van der Waals surface area contributed by atoms with Crippen LogP contribution in [0.15, 0.2) is 12.3 Å². The standard InChI is InChI=1S/C14H20Cl2N2/c1-10-4-3-5-12(6-10)18(2)9-11-8-17-14(16)7-13(11)15/h7-8,10,12H,3-6,9H2,1-2H3. The molecule has 2 rings (SSSR count). The fourth-order valence-electron chi connectivity index (χ4n) is 2.75. The zero-order valence-electron chi connectivity index (χ0n) is 11.0. The Labute approximate surface area is 119 Å². The van der Waals surface area contributed by atoms with Gasteiger partial charge in [-0.05, 0) is 31.9 Å². The topological polar surface area (TPSA) is 16.1 Å². The van der Waals surface area contributed by atoms with Crippen LogP contribution in [-0.4, -0.2) is 23.0 Å². The summed E-state index contributed by atoms with van der Waals surface area (Å²) < 4.78 is 0. The van der Waals surface area contributed by atoms with Gasteiger partial charge in [-0.3, -0.25) is 4.90 Å². The first-order valence-electron chi connectivity index (χ1n) is 6.56. The monoisotopic (exact) mass is 286 g/mol. The van der Waals surface area contributed by atoms with E-state index in [4.69, 9.17) is 23.2 Å². The van der Waals surface area contributed by atoms with Gasteiger partial charge in [0.2, 0.25) is 0 Å². The number of halogens is 2. The molecular formula is C14H20Cl2N2. The molecule has 100 valence electrons. The minimum absolute atomic E-state index is 0.456. The van der Waals surface area contributed by atoms with E-state index in [0.717, 1.165) is 18.0 Å². The van der Waals surface area contributed by atoms with E-state index in [0.29, 0.717) is 16.2 Å². The fourth-order valence-corrected chi connectivity index (χ4v) is 3.18. The molecule has 4 heteroatoms. The summed E-state index contributed by atoms with van der Waals surface area (Å²) in [5.74, 6) is 0.838. The van der Waals surface area contributed by atoms with Crippen molar-refractivity contribution < 1.29 is 0 Å². The number of pyridine rings is 1. The molecule has 0 aliphatic heterocycles. The summed E-state index contributed by atoms with van der Waals surface area (Å²) in [4.78, 5) is 6.50. The normalized spacial score (nSPS) is 24.5. The van der Waals surface area contributed by atoms with Crippen molar-refractivity contribution in [2.45, 2.75) is 45.2 Å². The third-order valence-electron chi connectivity index (χ3n) is 3.85. The van der Waals surface area contributed by atoms with Gasteiger partial charge in [-0.1, -0.05) is 43.0 Å². The molecule has 1 aliphatic carbocycles. The SMILES string of the molecule is CC1CCCC(N(C)Cc2cnc(Cl)cc2Cl)C1. The Balaban J connectivity index is 1.99. The van der Waals surface area contributed by atoms with Crippen LogP contribution in [0.4, 0.5) is 0 Å². The number of nitrogens with zero attached hydrogens (tertiary/aromatic N) is 2. The van der Waals surface area contributed by atoms with Gasteiger partial charge in [-0.2, -0.15) is 0 Å². The van der Waals surface area contributed by atoms with Crippen molar-refractivity contribution in [1.82, 2.24) is 9.88 Å². The second kappa shape index (κ2) is 6.23. The zero-order chi connectivity index (χ0) is 13.1. The van der Waals surface area contributed by atoms with Gasteiger partial charge < -0.3 is 0 Å². The molecule has 2 nitrogen and oxygen atoms in total. The molecule has 1 aliphatic rings. The van der Waals surface area contributed by atoms with Crippen LogP contribution in [0.25, 0.3) is 0 Å². The summed E-state index contributed by atoms with van der Waals surface area (Å²) in [6, 6.07) is 2.39. The van der Waals surface area contributed by atoms with Crippen LogP contribution in [0.1, 0.15) is 38.2 Å². The van der Waals surface area contributed by atoms with Gasteiger partial charge >= 0.3 is 0 Å². The molecule has 1 fully saturated rings. The highest BCUT2D eigenvalue weighted by Gasteiger charge is 2.22. The third kappa shape index (κ3) is 3.59. The lowest BCUT2D eigenvalue weighted by atomic mass is 9.86. The molecule has 0 radical (unpaired) electrons. The molecule has 0 amide bonds. The fraction of sp³-hybridized carbons (Fsp3) is 0.643. The van der Waals surface area contributed by atoms with Gasteiger partial charge in [0.1, 0.15) is 5.15 Å². The van der Waals surface area contributed by atoms with Crippen LogP contribution in [0.3, 0.4) is 0 Å². The van der Waals surface area contributed by atoms with Crippen molar-refractivity contribution in [2.75, 3.05) is 7.05 Å². The molecule has 0 N–H and O–H groups in total. The van der Waals surface area contributed by atoms with E-state index in [9.17, 15) is 0 Å². The van der Waals surface area contributed by atoms with Crippen LogP contribution >= 0.6 is 23.2 Å². The van der Waals surface area contributed by atoms with E-state index in [1.165, 1.54) is 25.7 Å². The first-order chi connectivity index (χ1) is 8.56. The van der Waals surface area contributed by atoms with Gasteiger partial charge in [0, 0.05) is 29.4 Å². The second-order valence-electron chi connectivity index (χ2n) is 5.44. The van der Waals surface area contributed by atoms with E-state index in [2.05, 4.69) is 23.9 Å². The Hall–Kier alpha value is -0.310. The van der Waals surface area contributed by atoms with Gasteiger partial charge in [0.25, 0.3) is 0 Å². The Bertz CT molecular complexity index is 409. The zero-order valence-corrected chi connectivity index (χ0v) is 12.5. The summed E-state index contributed by atoms with van der Waals surface area (Å²) in [5, 5.41) is 1.17. The van der Waals surface area contributed by atoms with Gasteiger partial charge in [0.05, 0.1) is 0 Å². The van der Waals surface area contributed by atoms with Crippen LogP contribution in [0.2, 0.25) is 10.2 Å².